The predicted octanol–water partition coefficient (Wildman–Crippen LogP) is 2.67. The molecular formula is C16H23NO2. The van der Waals surface area contributed by atoms with Crippen LogP contribution >= 0.6 is 0 Å². The fourth-order valence-electron chi connectivity index (χ4n) is 3.37. The molecule has 0 aromatic heterocycles. The Morgan fingerprint density at radius 2 is 2.16 bits per heavy atom. The number of benzene rings is 1. The van der Waals surface area contributed by atoms with Gasteiger partial charge in [0.05, 0.1) is 6.10 Å². The number of aliphatic hydroxyl groups is 1. The molecule has 0 saturated carbocycles. The highest BCUT2D eigenvalue weighted by Gasteiger charge is 2.41. The fourth-order valence-corrected chi connectivity index (χ4v) is 3.37. The van der Waals surface area contributed by atoms with Crippen molar-refractivity contribution in [2.24, 2.45) is 0 Å². The van der Waals surface area contributed by atoms with Gasteiger partial charge in [-0.05, 0) is 51.9 Å². The smallest absolute Gasteiger partial charge is 0.125 e. The second-order valence-corrected chi connectivity index (χ2v) is 6.20. The number of nitrogens with zero attached hydrogens (tertiary/aromatic N) is 1. The van der Waals surface area contributed by atoms with E-state index in [4.69, 9.17) is 4.74 Å². The average molecular weight is 261 g/mol. The van der Waals surface area contributed by atoms with Crippen molar-refractivity contribution < 1.29 is 9.84 Å². The number of fused-ring (bicyclic) bond motifs is 1. The lowest BCUT2D eigenvalue weighted by Gasteiger charge is -2.40. The first-order valence-corrected chi connectivity index (χ1v) is 7.24. The van der Waals surface area contributed by atoms with Gasteiger partial charge in [0.2, 0.25) is 0 Å². The Labute approximate surface area is 115 Å². The molecule has 1 unspecified atom stereocenters. The first kappa shape index (κ1) is 12.9. The molecule has 1 aromatic rings. The summed E-state index contributed by atoms with van der Waals surface area (Å²) in [5, 5.41) is 10.5. The molecule has 19 heavy (non-hydrogen) atoms. The molecule has 104 valence electrons. The molecule has 0 bridgehead atoms. The van der Waals surface area contributed by atoms with Crippen LogP contribution in [-0.4, -0.2) is 35.7 Å². The number of rotatable bonds is 0. The summed E-state index contributed by atoms with van der Waals surface area (Å²) in [6, 6.07) is 6.13. The van der Waals surface area contributed by atoms with E-state index in [9.17, 15) is 5.11 Å². The Morgan fingerprint density at radius 3 is 3.00 bits per heavy atom. The third-order valence-electron chi connectivity index (χ3n) is 4.54. The SMILES string of the molecule is Cc1ccc2c(c1)[C@@H](O)CC1(CCCN(C)CC1)O2. The summed E-state index contributed by atoms with van der Waals surface area (Å²) in [5.74, 6) is 0.883. The second kappa shape index (κ2) is 4.80. The molecule has 3 rings (SSSR count). The third-order valence-corrected chi connectivity index (χ3v) is 4.54. The van der Waals surface area contributed by atoms with Crippen molar-refractivity contribution in [3.05, 3.63) is 29.3 Å². The number of aryl methyl sites for hydroxylation is 1. The molecule has 0 aliphatic carbocycles. The molecule has 1 N–H and O–H groups in total. The second-order valence-electron chi connectivity index (χ2n) is 6.20. The van der Waals surface area contributed by atoms with Crippen LogP contribution in [0, 0.1) is 6.92 Å². The van der Waals surface area contributed by atoms with Crippen LogP contribution in [0.3, 0.4) is 0 Å². The van der Waals surface area contributed by atoms with E-state index in [0.29, 0.717) is 0 Å². The van der Waals surface area contributed by atoms with Gasteiger partial charge in [0.1, 0.15) is 11.4 Å². The highest BCUT2D eigenvalue weighted by Crippen LogP contribution is 2.44. The van der Waals surface area contributed by atoms with Crippen molar-refractivity contribution in [3.8, 4) is 5.75 Å². The Morgan fingerprint density at radius 1 is 1.32 bits per heavy atom. The van der Waals surface area contributed by atoms with Gasteiger partial charge in [0.25, 0.3) is 0 Å². The minimum atomic E-state index is -0.382. The van der Waals surface area contributed by atoms with E-state index in [1.54, 1.807) is 0 Å². The molecular weight excluding hydrogens is 238 g/mol. The van der Waals surface area contributed by atoms with E-state index in [2.05, 4.69) is 31.0 Å². The van der Waals surface area contributed by atoms with Crippen LogP contribution in [0.25, 0.3) is 0 Å². The lowest BCUT2D eigenvalue weighted by Crippen LogP contribution is -2.41. The van der Waals surface area contributed by atoms with Crippen LogP contribution in [0.1, 0.15) is 42.9 Å². The maximum atomic E-state index is 10.5. The van der Waals surface area contributed by atoms with Crippen molar-refractivity contribution >= 4 is 0 Å². The van der Waals surface area contributed by atoms with Gasteiger partial charge in [-0.25, -0.2) is 0 Å². The minimum Gasteiger partial charge on any atom is -0.487 e. The van der Waals surface area contributed by atoms with E-state index >= 15 is 0 Å². The van der Waals surface area contributed by atoms with Crippen LogP contribution in [0.4, 0.5) is 0 Å². The van der Waals surface area contributed by atoms with Crippen molar-refractivity contribution in [3.63, 3.8) is 0 Å². The summed E-state index contributed by atoms with van der Waals surface area (Å²) in [5.41, 5.74) is 1.98. The maximum absolute atomic E-state index is 10.5. The summed E-state index contributed by atoms with van der Waals surface area (Å²) < 4.78 is 6.33. The zero-order valence-corrected chi connectivity index (χ0v) is 11.9. The molecule has 1 spiro atoms. The highest BCUT2D eigenvalue weighted by atomic mass is 16.5. The summed E-state index contributed by atoms with van der Waals surface area (Å²) in [7, 11) is 2.16. The van der Waals surface area contributed by atoms with Gasteiger partial charge in [-0.1, -0.05) is 11.6 Å². The minimum absolute atomic E-state index is 0.160. The quantitative estimate of drug-likeness (QED) is 0.779. The molecule has 2 atom stereocenters. The van der Waals surface area contributed by atoms with Gasteiger partial charge in [-0.2, -0.15) is 0 Å². The zero-order chi connectivity index (χ0) is 13.5. The molecule has 0 amide bonds. The normalized spacial score (nSPS) is 31.6. The van der Waals surface area contributed by atoms with E-state index in [-0.39, 0.29) is 11.7 Å². The Balaban J connectivity index is 1.89. The first-order chi connectivity index (χ1) is 9.08. The molecule has 0 radical (unpaired) electrons. The summed E-state index contributed by atoms with van der Waals surface area (Å²) in [4.78, 5) is 2.36. The molecule has 2 aliphatic rings. The predicted molar refractivity (Wildman–Crippen MR) is 75.5 cm³/mol. The fraction of sp³-hybridized carbons (Fsp3) is 0.625. The van der Waals surface area contributed by atoms with Gasteiger partial charge < -0.3 is 14.7 Å². The number of hydrogen-bond donors (Lipinski definition) is 1. The van der Waals surface area contributed by atoms with Crippen LogP contribution in [-0.2, 0) is 0 Å². The van der Waals surface area contributed by atoms with Gasteiger partial charge in [-0.15, -0.1) is 0 Å². The third kappa shape index (κ3) is 2.49. The summed E-state index contributed by atoms with van der Waals surface area (Å²) >= 11 is 0. The van der Waals surface area contributed by atoms with Gasteiger partial charge in [0.15, 0.2) is 0 Å². The van der Waals surface area contributed by atoms with Crippen molar-refractivity contribution in [1.82, 2.24) is 4.90 Å². The maximum Gasteiger partial charge on any atom is 0.125 e. The molecule has 2 heterocycles. The van der Waals surface area contributed by atoms with Gasteiger partial charge in [0, 0.05) is 18.5 Å². The number of ether oxygens (including phenoxy) is 1. The summed E-state index contributed by atoms with van der Waals surface area (Å²) in [6.07, 6.45) is 3.55. The largest absolute Gasteiger partial charge is 0.487 e. The standard InChI is InChI=1S/C16H23NO2/c1-12-4-5-15-13(10-12)14(18)11-16(19-15)6-3-8-17(2)9-7-16/h4-5,10,14,18H,3,6-9,11H2,1-2H3/t14-,16?/m0/s1. The molecule has 1 saturated heterocycles. The van der Waals surface area contributed by atoms with Crippen molar-refractivity contribution in [1.29, 1.82) is 0 Å². The number of aliphatic hydroxyl groups excluding tert-OH is 1. The average Bonchev–Trinajstić information content (AvgIpc) is 2.54. The zero-order valence-electron chi connectivity index (χ0n) is 11.9. The van der Waals surface area contributed by atoms with Gasteiger partial charge in [-0.3, -0.25) is 0 Å². The molecule has 1 aromatic carbocycles. The summed E-state index contributed by atoms with van der Waals surface area (Å²) in [6.45, 7) is 4.23. The monoisotopic (exact) mass is 261 g/mol. The van der Waals surface area contributed by atoms with Crippen LogP contribution < -0.4 is 4.74 Å². The van der Waals surface area contributed by atoms with Crippen LogP contribution in [0.2, 0.25) is 0 Å². The van der Waals surface area contributed by atoms with E-state index in [1.165, 1.54) is 5.56 Å². The topological polar surface area (TPSA) is 32.7 Å². The van der Waals surface area contributed by atoms with E-state index in [0.717, 1.165) is 50.1 Å². The van der Waals surface area contributed by atoms with Crippen molar-refractivity contribution in [2.75, 3.05) is 20.1 Å². The molecule has 3 heteroatoms. The Kier molecular flexibility index (Phi) is 3.27. The Hall–Kier alpha value is -1.06. The lowest BCUT2D eigenvalue weighted by molar-refractivity contribution is -0.0236. The van der Waals surface area contributed by atoms with Gasteiger partial charge >= 0.3 is 0 Å². The molecule has 2 aliphatic heterocycles. The molecule has 3 nitrogen and oxygen atoms in total. The van der Waals surface area contributed by atoms with Crippen molar-refractivity contribution in [2.45, 2.75) is 44.3 Å². The van der Waals surface area contributed by atoms with E-state index in [1.807, 2.05) is 6.07 Å². The van der Waals surface area contributed by atoms with E-state index < -0.39 is 0 Å². The number of likely N-dealkylation sites (tertiary alicyclic amines) is 1. The molecule has 1 fully saturated rings. The Bertz CT molecular complexity index is 474. The van der Waals surface area contributed by atoms with Crippen LogP contribution in [0.5, 0.6) is 5.75 Å². The lowest BCUT2D eigenvalue weighted by atomic mass is 9.83. The number of hydrogen-bond acceptors (Lipinski definition) is 3. The highest BCUT2D eigenvalue weighted by molar-refractivity contribution is 5.40. The first-order valence-electron chi connectivity index (χ1n) is 7.24. The van der Waals surface area contributed by atoms with Crippen LogP contribution in [0.15, 0.2) is 18.2 Å².